The normalized spacial score (nSPS) is 12.2. The maximum Gasteiger partial charge on any atom is 0.119 e. The Morgan fingerprint density at radius 1 is 0.333 bits per heavy atom. The van der Waals surface area contributed by atoms with Gasteiger partial charge in [-0.25, -0.2) is 9.97 Å². The van der Waals surface area contributed by atoms with E-state index >= 15 is 0 Å². The van der Waals surface area contributed by atoms with E-state index < -0.39 is 30.4 Å². The zero-order valence-corrected chi connectivity index (χ0v) is 47.5. The number of hydrogen-bond donors (Lipinski definition) is 0. The first-order valence-corrected chi connectivity index (χ1v) is 38.3. The van der Waals surface area contributed by atoms with Crippen LogP contribution in [0.5, 0.6) is 23.0 Å². The van der Waals surface area contributed by atoms with E-state index in [1.54, 1.807) is 28.4 Å². The summed E-state index contributed by atoms with van der Waals surface area (Å²) in [6, 6.07) is 51.8. The summed E-state index contributed by atoms with van der Waals surface area (Å²) in [5.74, 6) is 3.31. The molecule has 0 atom stereocenters. The Labute approximate surface area is 417 Å². The highest BCUT2D eigenvalue weighted by Gasteiger charge is 2.50. The van der Waals surface area contributed by atoms with Gasteiger partial charge in [-0.3, -0.25) is 0 Å². The summed E-state index contributed by atoms with van der Waals surface area (Å²) in [5, 5.41) is 2.91. The Balaban J connectivity index is 1.15. The predicted octanol–water partition coefficient (Wildman–Crippen LogP) is 12.5. The summed E-state index contributed by atoms with van der Waals surface area (Å²) in [6.07, 6.45) is 0. The number of thiophene rings is 1. The van der Waals surface area contributed by atoms with Crippen molar-refractivity contribution in [2.75, 3.05) is 38.2 Å². The molecule has 0 N–H and O–H groups in total. The standard InChI is InChI=1S/C56H66N4O4SSi4/c1-39-40(2)58-54-53(57-39)55(68(11,12)66(7,8)51-35-23-45(24-36-51)59(41-15-27-47(61-3)28-16-41)42-17-29-48(62-4)30-18-42)65-56(54)69(13,14)67(9,10)52-37-25-46(26-38-52)60(43-19-31-49(63-5)32-20-43)44-21-33-50(64-6)34-22-44/h15-38H,1-14H3. The largest absolute Gasteiger partial charge is 0.497 e. The van der Waals surface area contributed by atoms with E-state index in [0.717, 1.165) is 79.5 Å². The molecule has 13 heteroatoms. The topological polar surface area (TPSA) is 69.2 Å². The summed E-state index contributed by atoms with van der Waals surface area (Å²) in [6.45, 7) is 25.0. The van der Waals surface area contributed by atoms with E-state index in [-0.39, 0.29) is 0 Å². The minimum absolute atomic E-state index is 0.827. The van der Waals surface area contributed by atoms with Crippen LogP contribution in [-0.2, 0) is 0 Å². The highest BCUT2D eigenvalue weighted by Crippen LogP contribution is 2.39. The Morgan fingerprint density at radius 3 is 0.768 bits per heavy atom. The number of rotatable bonds is 16. The Kier molecular flexibility index (Phi) is 13.9. The van der Waals surface area contributed by atoms with Crippen LogP contribution in [0.3, 0.4) is 0 Å². The van der Waals surface area contributed by atoms with Crippen LogP contribution in [0.1, 0.15) is 11.4 Å². The van der Waals surface area contributed by atoms with Crippen LogP contribution in [0, 0.1) is 13.8 Å². The fourth-order valence-electron chi connectivity index (χ4n) is 9.13. The van der Waals surface area contributed by atoms with Gasteiger partial charge in [-0.05, 0) is 135 Å². The molecule has 8 rings (SSSR count). The number of hydrogen-bond acceptors (Lipinski definition) is 9. The number of anilines is 6. The second kappa shape index (κ2) is 19.4. The molecule has 356 valence electrons. The average molecular weight is 1000 g/mol. The molecule has 0 aliphatic rings. The van der Waals surface area contributed by atoms with Gasteiger partial charge in [0.05, 0.1) is 81.2 Å². The van der Waals surface area contributed by atoms with Crippen molar-refractivity contribution in [1.82, 2.24) is 9.97 Å². The number of ether oxygens (including phenoxy) is 4. The molecule has 0 amide bonds. The molecular weight excluding hydrogens is 937 g/mol. The van der Waals surface area contributed by atoms with E-state index in [0.29, 0.717) is 0 Å². The van der Waals surface area contributed by atoms with E-state index in [1.165, 1.54) is 19.4 Å². The molecule has 0 saturated carbocycles. The number of fused-ring (bicyclic) bond motifs is 1. The first-order valence-electron chi connectivity index (χ1n) is 23.5. The van der Waals surface area contributed by atoms with Gasteiger partial charge < -0.3 is 28.7 Å². The lowest BCUT2D eigenvalue weighted by molar-refractivity contribution is 0.414. The molecule has 8 nitrogen and oxygen atoms in total. The zero-order valence-electron chi connectivity index (χ0n) is 42.7. The molecule has 0 unspecified atom stereocenters. The van der Waals surface area contributed by atoms with Crippen LogP contribution in [0.4, 0.5) is 34.1 Å². The van der Waals surface area contributed by atoms with E-state index in [1.807, 2.05) is 48.5 Å². The lowest BCUT2D eigenvalue weighted by Gasteiger charge is -2.39. The predicted molar refractivity (Wildman–Crippen MR) is 304 cm³/mol. The van der Waals surface area contributed by atoms with Gasteiger partial charge in [0.15, 0.2) is 0 Å². The van der Waals surface area contributed by atoms with Crippen molar-refractivity contribution in [2.24, 2.45) is 0 Å². The van der Waals surface area contributed by atoms with E-state index in [4.69, 9.17) is 28.9 Å². The van der Waals surface area contributed by atoms with Crippen molar-refractivity contribution in [3.05, 3.63) is 157 Å². The monoisotopic (exact) mass is 1000 g/mol. The van der Waals surface area contributed by atoms with Crippen LogP contribution in [-0.4, -0.2) is 68.8 Å². The van der Waals surface area contributed by atoms with Crippen molar-refractivity contribution >= 4 is 106 Å². The third-order valence-electron chi connectivity index (χ3n) is 15.2. The number of aromatic nitrogens is 2. The molecule has 2 aromatic heterocycles. The molecule has 0 spiro atoms. The molecule has 69 heavy (non-hydrogen) atoms. The van der Waals surface area contributed by atoms with Gasteiger partial charge in [-0.15, -0.1) is 0 Å². The van der Waals surface area contributed by atoms with Crippen molar-refractivity contribution in [1.29, 1.82) is 0 Å². The van der Waals surface area contributed by atoms with Gasteiger partial charge >= 0.3 is 0 Å². The van der Waals surface area contributed by atoms with Crippen molar-refractivity contribution < 1.29 is 18.9 Å². The molecule has 2 heterocycles. The SMILES string of the molecule is COc1ccc(N(c2ccc(OC)cc2)c2ccc([Si](C)(C)[Si](C)(C)c3sc([Si](C)(C)[Si](C)(C)c4ccc(N(c5ccc(OC)cc5)c5ccc(OC)cc5)cc4)c4nc(C)c(C)nc34)cc2)cc1. The molecule has 0 aliphatic heterocycles. The maximum atomic E-state index is 5.52. The second-order valence-corrected chi connectivity index (χ2v) is 51.8. The van der Waals surface area contributed by atoms with Gasteiger partial charge in [0.1, 0.15) is 23.0 Å². The van der Waals surface area contributed by atoms with Gasteiger partial charge in [0, 0.05) is 43.1 Å². The molecule has 0 bridgehead atoms. The molecule has 0 aliphatic carbocycles. The van der Waals surface area contributed by atoms with Crippen LogP contribution in [0.25, 0.3) is 11.0 Å². The molecule has 0 saturated heterocycles. The van der Waals surface area contributed by atoms with E-state index in [2.05, 4.69) is 184 Å². The van der Waals surface area contributed by atoms with Gasteiger partial charge in [-0.1, -0.05) is 87.0 Å². The number of nitrogens with zero attached hydrogens (tertiary/aromatic N) is 4. The Bertz CT molecular complexity index is 2750. The van der Waals surface area contributed by atoms with Gasteiger partial charge in [-0.2, -0.15) is 11.3 Å². The first-order chi connectivity index (χ1) is 32.9. The summed E-state index contributed by atoms with van der Waals surface area (Å²) in [5.41, 5.74) is 10.7. The van der Waals surface area contributed by atoms with Gasteiger partial charge in [0.25, 0.3) is 0 Å². The van der Waals surface area contributed by atoms with E-state index in [9.17, 15) is 0 Å². The smallest absolute Gasteiger partial charge is 0.119 e. The van der Waals surface area contributed by atoms with Crippen molar-refractivity contribution in [3.8, 4) is 23.0 Å². The highest BCUT2D eigenvalue weighted by molar-refractivity contribution is 7.61. The fourth-order valence-corrected chi connectivity index (χ4v) is 33.8. The molecular formula is C56H66N4O4SSi4. The second-order valence-electron chi connectivity index (χ2n) is 19.9. The summed E-state index contributed by atoms with van der Waals surface area (Å²) < 4.78 is 25.1. The van der Waals surface area contributed by atoms with Crippen molar-refractivity contribution in [2.45, 2.75) is 66.2 Å². The summed E-state index contributed by atoms with van der Waals surface area (Å²) in [7, 11) is -1.88. The lowest BCUT2D eigenvalue weighted by Crippen LogP contribution is -2.69. The molecule has 0 fully saturated rings. The number of aryl methyl sites for hydroxylation is 2. The van der Waals surface area contributed by atoms with Crippen molar-refractivity contribution in [3.63, 3.8) is 0 Å². The molecule has 8 aromatic rings. The lowest BCUT2D eigenvalue weighted by atomic mass is 10.2. The average Bonchev–Trinajstić information content (AvgIpc) is 3.74. The van der Waals surface area contributed by atoms with Crippen LogP contribution in [0.15, 0.2) is 146 Å². The minimum atomic E-state index is -2.21. The minimum Gasteiger partial charge on any atom is -0.497 e. The zero-order chi connectivity index (χ0) is 49.5. The summed E-state index contributed by atoms with van der Waals surface area (Å²) >= 11 is 2.07. The Morgan fingerprint density at radius 2 is 0.551 bits per heavy atom. The van der Waals surface area contributed by atoms with Crippen LogP contribution in [0.2, 0.25) is 52.4 Å². The number of benzene rings is 6. The Hall–Kier alpha value is -5.97. The fraction of sp³-hybridized carbons (Fsp3) is 0.250. The number of methoxy groups -OCH3 is 4. The summed E-state index contributed by atoms with van der Waals surface area (Å²) in [4.78, 5) is 15.5. The third kappa shape index (κ3) is 9.18. The van der Waals surface area contributed by atoms with Crippen LogP contribution < -0.4 is 48.1 Å². The molecule has 6 aromatic carbocycles. The third-order valence-corrected chi connectivity index (χ3v) is 55.3. The van der Waals surface area contributed by atoms with Crippen LogP contribution >= 0.6 is 11.3 Å². The molecule has 0 radical (unpaired) electrons. The quantitative estimate of drug-likeness (QED) is 0.0887. The maximum absolute atomic E-state index is 5.52. The van der Waals surface area contributed by atoms with Gasteiger partial charge in [0.2, 0.25) is 0 Å². The first kappa shape index (κ1) is 49.4. The highest BCUT2D eigenvalue weighted by atomic mass is 32.1.